The van der Waals surface area contributed by atoms with Crippen molar-refractivity contribution in [3.05, 3.63) is 76.5 Å². The number of hydrogen-bond acceptors (Lipinski definition) is 5. The van der Waals surface area contributed by atoms with Crippen LogP contribution < -0.4 is 26.0 Å². The molecule has 0 spiro atoms. The highest BCUT2D eigenvalue weighted by atomic mass is 16.5. The van der Waals surface area contributed by atoms with Gasteiger partial charge in [0.2, 0.25) is 5.91 Å². The van der Waals surface area contributed by atoms with Gasteiger partial charge >= 0.3 is 0 Å². The number of nitrogens with zero attached hydrogens (tertiary/aromatic N) is 1. The van der Waals surface area contributed by atoms with Crippen LogP contribution in [0.1, 0.15) is 18.4 Å². The van der Waals surface area contributed by atoms with E-state index in [1.165, 1.54) is 0 Å². The number of nitrogens with two attached hydrogens (primary N) is 1. The van der Waals surface area contributed by atoms with Gasteiger partial charge in [-0.05, 0) is 61.0 Å². The van der Waals surface area contributed by atoms with Crippen LogP contribution in [-0.2, 0) is 11.3 Å². The van der Waals surface area contributed by atoms with E-state index in [2.05, 4.69) is 9.88 Å². The summed E-state index contributed by atoms with van der Waals surface area (Å²) in [6.07, 6.45) is 0.953. The second kappa shape index (κ2) is 9.75. The maximum atomic E-state index is 13.3. The molecule has 0 saturated heterocycles. The second-order valence-corrected chi connectivity index (χ2v) is 7.83. The van der Waals surface area contributed by atoms with E-state index in [4.69, 9.17) is 15.2 Å². The minimum Gasteiger partial charge on any atom is -0.497 e. The van der Waals surface area contributed by atoms with E-state index in [1.54, 1.807) is 20.3 Å². The molecule has 0 unspecified atom stereocenters. The molecule has 3 N–H and O–H groups in total. The van der Waals surface area contributed by atoms with Crippen molar-refractivity contribution in [3.63, 3.8) is 0 Å². The van der Waals surface area contributed by atoms with Gasteiger partial charge in [0.1, 0.15) is 11.5 Å². The second-order valence-electron chi connectivity index (χ2n) is 7.83. The molecule has 7 heteroatoms. The molecule has 1 aromatic heterocycles. The quantitative estimate of drug-likeness (QED) is 0.401. The third kappa shape index (κ3) is 4.68. The third-order valence-corrected chi connectivity index (χ3v) is 5.62. The Hall–Kier alpha value is -3.84. The van der Waals surface area contributed by atoms with Gasteiger partial charge in [0.05, 0.1) is 25.3 Å². The van der Waals surface area contributed by atoms with Gasteiger partial charge in [-0.2, -0.15) is 0 Å². The molecule has 0 aliphatic carbocycles. The molecule has 33 heavy (non-hydrogen) atoms. The Labute approximate surface area is 191 Å². The smallest absolute Gasteiger partial charge is 0.224 e. The lowest BCUT2D eigenvalue weighted by Crippen LogP contribution is -2.15. The zero-order valence-corrected chi connectivity index (χ0v) is 18.8. The summed E-state index contributed by atoms with van der Waals surface area (Å²) in [5.41, 5.74) is 8.59. The van der Waals surface area contributed by atoms with Crippen molar-refractivity contribution < 1.29 is 14.3 Å². The normalized spacial score (nSPS) is 11.0. The maximum Gasteiger partial charge on any atom is 0.224 e. The molecule has 1 amide bonds. The summed E-state index contributed by atoms with van der Waals surface area (Å²) in [5, 5.41) is 4.03. The van der Waals surface area contributed by atoms with Crippen molar-refractivity contribution >= 4 is 33.4 Å². The summed E-state index contributed by atoms with van der Waals surface area (Å²) in [4.78, 5) is 25.5. The van der Waals surface area contributed by atoms with E-state index in [-0.39, 0.29) is 11.3 Å². The fraction of sp³-hybridized carbons (Fsp3) is 0.231. The number of ether oxygens (including phenoxy) is 2. The molecule has 3 aromatic carbocycles. The maximum absolute atomic E-state index is 13.3. The van der Waals surface area contributed by atoms with Crippen LogP contribution in [0.15, 0.2) is 65.5 Å². The molecule has 4 rings (SSSR count). The number of hydrogen-bond donors (Lipinski definition) is 2. The van der Waals surface area contributed by atoms with Gasteiger partial charge in [-0.3, -0.25) is 9.59 Å². The lowest BCUT2D eigenvalue weighted by molar-refractivity contribution is -0.116. The van der Waals surface area contributed by atoms with Gasteiger partial charge < -0.3 is 25.1 Å². The number of rotatable bonds is 8. The average molecular weight is 446 g/mol. The number of methoxy groups -OCH3 is 2. The summed E-state index contributed by atoms with van der Waals surface area (Å²) in [6.45, 7) is 0.962. The molecule has 0 fully saturated rings. The van der Waals surface area contributed by atoms with Crippen molar-refractivity contribution in [3.8, 4) is 11.5 Å². The molecule has 170 valence electrons. The highest BCUT2D eigenvalue weighted by Gasteiger charge is 2.13. The Kier molecular flexibility index (Phi) is 6.60. The van der Waals surface area contributed by atoms with E-state index in [1.807, 2.05) is 54.6 Å². The monoisotopic (exact) mass is 445 g/mol. The first-order valence-electron chi connectivity index (χ1n) is 10.8. The summed E-state index contributed by atoms with van der Waals surface area (Å²) < 4.78 is 12.9. The Morgan fingerprint density at radius 1 is 0.939 bits per heavy atom. The zero-order chi connectivity index (χ0) is 23.4. The number of nitrogens with one attached hydrogen (secondary N) is 1. The van der Waals surface area contributed by atoms with Crippen LogP contribution in [0.3, 0.4) is 0 Å². The van der Waals surface area contributed by atoms with Gasteiger partial charge in [-0.25, -0.2) is 0 Å². The van der Waals surface area contributed by atoms with Crippen molar-refractivity contribution in [2.75, 3.05) is 26.1 Å². The average Bonchev–Trinajstić information content (AvgIpc) is 2.85. The molecule has 0 atom stereocenters. The van der Waals surface area contributed by atoms with E-state index >= 15 is 0 Å². The molecule has 7 nitrogen and oxygen atoms in total. The van der Waals surface area contributed by atoms with Crippen LogP contribution in [0.4, 0.5) is 5.69 Å². The van der Waals surface area contributed by atoms with Crippen LogP contribution in [0.25, 0.3) is 21.8 Å². The highest BCUT2D eigenvalue weighted by Crippen LogP contribution is 2.27. The van der Waals surface area contributed by atoms with Crippen LogP contribution in [0.5, 0.6) is 11.5 Å². The van der Waals surface area contributed by atoms with Crippen molar-refractivity contribution in [2.45, 2.75) is 19.4 Å². The lowest BCUT2D eigenvalue weighted by Gasteiger charge is -2.17. The molecular weight excluding hydrogens is 418 g/mol. The Bertz CT molecular complexity index is 1360. The van der Waals surface area contributed by atoms with E-state index in [0.717, 1.165) is 16.6 Å². The predicted octanol–water partition coefficient (Wildman–Crippen LogP) is 3.90. The van der Waals surface area contributed by atoms with Crippen molar-refractivity contribution in [2.24, 2.45) is 5.73 Å². The number of pyridine rings is 1. The highest BCUT2D eigenvalue weighted by molar-refractivity contribution is 5.97. The first-order chi connectivity index (χ1) is 16.0. The van der Waals surface area contributed by atoms with E-state index < -0.39 is 0 Å². The number of para-hydroxylation sites is 1. The van der Waals surface area contributed by atoms with Gasteiger partial charge in [-0.15, -0.1) is 0 Å². The number of anilines is 1. The molecule has 4 aromatic rings. The molecule has 1 heterocycles. The number of carbonyl (C=O) groups excluding carboxylic acids is 1. The minimum absolute atomic E-state index is 0.0712. The van der Waals surface area contributed by atoms with Crippen LogP contribution in [0, 0.1) is 0 Å². The minimum atomic E-state index is -0.121. The SMILES string of the molecule is COc1cc(Cn2c3ccccc3c(=O)c3cc(NC(=O)CCCN)ccc32)cc(OC)c1. The molecular formula is C26H27N3O4. The van der Waals surface area contributed by atoms with Crippen molar-refractivity contribution in [1.82, 2.24) is 4.57 Å². The van der Waals surface area contributed by atoms with E-state index in [9.17, 15) is 9.59 Å². The lowest BCUT2D eigenvalue weighted by atomic mass is 10.1. The van der Waals surface area contributed by atoms with Crippen molar-refractivity contribution in [1.29, 1.82) is 0 Å². The summed E-state index contributed by atoms with van der Waals surface area (Å²) in [5.74, 6) is 1.27. The number of carbonyl (C=O) groups is 1. The molecule has 0 bridgehead atoms. The van der Waals surface area contributed by atoms with Gasteiger partial charge in [-0.1, -0.05) is 12.1 Å². The number of amides is 1. The number of benzene rings is 3. The van der Waals surface area contributed by atoms with Gasteiger partial charge in [0.15, 0.2) is 5.43 Å². The molecule has 0 saturated carbocycles. The fourth-order valence-electron chi connectivity index (χ4n) is 4.00. The van der Waals surface area contributed by atoms with E-state index in [0.29, 0.717) is 53.9 Å². The van der Waals surface area contributed by atoms with Crippen LogP contribution in [0.2, 0.25) is 0 Å². The summed E-state index contributed by atoms with van der Waals surface area (Å²) >= 11 is 0. The zero-order valence-electron chi connectivity index (χ0n) is 18.8. The largest absolute Gasteiger partial charge is 0.497 e. The molecule has 0 radical (unpaired) electrons. The van der Waals surface area contributed by atoms with Crippen LogP contribution >= 0.6 is 0 Å². The topological polar surface area (TPSA) is 95.6 Å². The standard InChI is InChI=1S/C26H27N3O4/c1-32-19-12-17(13-20(15-19)33-2)16-29-23-7-4-3-6-21(23)26(31)22-14-18(9-10-24(22)29)28-25(30)8-5-11-27/h3-4,6-7,9-10,12-15H,5,8,11,16,27H2,1-2H3,(H,28,30). The molecule has 0 aliphatic rings. The summed E-state index contributed by atoms with van der Waals surface area (Å²) in [7, 11) is 3.23. The summed E-state index contributed by atoms with van der Waals surface area (Å²) in [6, 6.07) is 18.7. The Morgan fingerprint density at radius 3 is 2.33 bits per heavy atom. The predicted molar refractivity (Wildman–Crippen MR) is 131 cm³/mol. The molecule has 0 aliphatic heterocycles. The first kappa shape index (κ1) is 22.4. The third-order valence-electron chi connectivity index (χ3n) is 5.62. The first-order valence-corrected chi connectivity index (χ1v) is 10.8. The number of fused-ring (bicyclic) bond motifs is 2. The Balaban J connectivity index is 1.85. The number of aromatic nitrogens is 1. The Morgan fingerprint density at radius 2 is 1.64 bits per heavy atom. The van der Waals surface area contributed by atoms with Crippen LogP contribution in [-0.4, -0.2) is 31.2 Å². The van der Waals surface area contributed by atoms with Gasteiger partial charge in [0.25, 0.3) is 0 Å². The fourth-order valence-corrected chi connectivity index (χ4v) is 4.00. The van der Waals surface area contributed by atoms with Gasteiger partial charge in [0, 0.05) is 35.5 Å².